The van der Waals surface area contributed by atoms with E-state index >= 15 is 0 Å². The molecule has 7 heteroatoms. The fraction of sp³-hybridized carbons (Fsp3) is 0.429. The van der Waals surface area contributed by atoms with E-state index in [0.29, 0.717) is 17.3 Å². The van der Waals surface area contributed by atoms with Crippen LogP contribution in [-0.4, -0.2) is 32.2 Å². The molecule has 1 N–H and O–H groups in total. The molecular formula is C14H16FN5O. The van der Waals surface area contributed by atoms with E-state index in [1.165, 1.54) is 29.8 Å². The van der Waals surface area contributed by atoms with Gasteiger partial charge in [-0.05, 0) is 55.2 Å². The molecule has 1 fully saturated rings. The molecule has 0 saturated heterocycles. The van der Waals surface area contributed by atoms with Crippen LogP contribution in [0.5, 0.6) is 0 Å². The molecule has 0 spiro atoms. The number of nitrogens with one attached hydrogen (secondary N) is 1. The molecule has 1 atom stereocenters. The summed E-state index contributed by atoms with van der Waals surface area (Å²) < 4.78 is 12.9. The maximum Gasteiger partial charge on any atom is 0.243 e. The molecule has 1 aromatic carbocycles. The van der Waals surface area contributed by atoms with Crippen molar-refractivity contribution in [2.24, 2.45) is 5.92 Å². The average molecular weight is 289 g/mol. The van der Waals surface area contributed by atoms with Crippen molar-refractivity contribution < 1.29 is 9.18 Å². The van der Waals surface area contributed by atoms with Crippen molar-refractivity contribution in [3.8, 4) is 11.4 Å². The second kappa shape index (κ2) is 5.59. The lowest BCUT2D eigenvalue weighted by atomic mass is 10.2. The molecule has 1 aliphatic carbocycles. The SMILES string of the molecule is C[C@@H](NC(=O)Cn1nnc(-c2ccc(F)cc2)n1)C1CC1. The molecule has 21 heavy (non-hydrogen) atoms. The molecule has 0 bridgehead atoms. The molecule has 1 saturated carbocycles. The van der Waals surface area contributed by atoms with E-state index in [0.717, 1.165) is 0 Å². The lowest BCUT2D eigenvalue weighted by Crippen LogP contribution is -2.36. The number of nitrogens with zero attached hydrogens (tertiary/aromatic N) is 4. The van der Waals surface area contributed by atoms with Gasteiger partial charge in [0.25, 0.3) is 0 Å². The highest BCUT2D eigenvalue weighted by Crippen LogP contribution is 2.32. The molecule has 0 aliphatic heterocycles. The Labute approximate surface area is 121 Å². The van der Waals surface area contributed by atoms with E-state index in [9.17, 15) is 9.18 Å². The van der Waals surface area contributed by atoms with Crippen LogP contribution in [0.3, 0.4) is 0 Å². The summed E-state index contributed by atoms with van der Waals surface area (Å²) in [6.07, 6.45) is 2.36. The zero-order valence-electron chi connectivity index (χ0n) is 11.7. The number of tetrazole rings is 1. The summed E-state index contributed by atoms with van der Waals surface area (Å²) in [6, 6.07) is 6.01. The van der Waals surface area contributed by atoms with E-state index in [-0.39, 0.29) is 24.3 Å². The van der Waals surface area contributed by atoms with Gasteiger partial charge in [-0.1, -0.05) is 0 Å². The standard InChI is InChI=1S/C14H16FN5O/c1-9(10-2-3-10)16-13(21)8-20-18-14(17-19-20)11-4-6-12(15)7-5-11/h4-7,9-10H,2-3,8H2,1H3,(H,16,21)/t9-/m1/s1. The van der Waals surface area contributed by atoms with Gasteiger partial charge in [0, 0.05) is 11.6 Å². The van der Waals surface area contributed by atoms with E-state index in [2.05, 4.69) is 20.7 Å². The highest BCUT2D eigenvalue weighted by molar-refractivity contribution is 5.75. The average Bonchev–Trinajstić information content (AvgIpc) is 3.21. The quantitative estimate of drug-likeness (QED) is 0.903. The third-order valence-corrected chi connectivity index (χ3v) is 3.56. The number of carbonyl (C=O) groups excluding carboxylic acids is 1. The highest BCUT2D eigenvalue weighted by atomic mass is 19.1. The van der Waals surface area contributed by atoms with Gasteiger partial charge < -0.3 is 5.32 Å². The number of aromatic nitrogens is 4. The first-order valence-corrected chi connectivity index (χ1v) is 6.95. The van der Waals surface area contributed by atoms with Crippen LogP contribution in [0, 0.1) is 11.7 Å². The van der Waals surface area contributed by atoms with Gasteiger partial charge in [-0.25, -0.2) is 4.39 Å². The Morgan fingerprint density at radius 2 is 2.14 bits per heavy atom. The summed E-state index contributed by atoms with van der Waals surface area (Å²) in [5, 5.41) is 14.8. The van der Waals surface area contributed by atoms with Crippen molar-refractivity contribution in [1.82, 2.24) is 25.5 Å². The van der Waals surface area contributed by atoms with Crippen LogP contribution < -0.4 is 5.32 Å². The van der Waals surface area contributed by atoms with E-state index in [1.54, 1.807) is 12.1 Å². The van der Waals surface area contributed by atoms with Crippen LogP contribution in [0.2, 0.25) is 0 Å². The molecule has 6 nitrogen and oxygen atoms in total. The Hall–Kier alpha value is -2.31. The number of hydrogen-bond acceptors (Lipinski definition) is 4. The van der Waals surface area contributed by atoms with Gasteiger partial charge in [0.15, 0.2) is 0 Å². The van der Waals surface area contributed by atoms with Gasteiger partial charge in [-0.15, -0.1) is 10.2 Å². The number of carbonyl (C=O) groups is 1. The van der Waals surface area contributed by atoms with Gasteiger partial charge in [0.1, 0.15) is 12.4 Å². The number of halogens is 1. The second-order valence-corrected chi connectivity index (χ2v) is 5.34. The van der Waals surface area contributed by atoms with Crippen molar-refractivity contribution in [1.29, 1.82) is 0 Å². The normalized spacial score (nSPS) is 15.7. The minimum Gasteiger partial charge on any atom is -0.352 e. The van der Waals surface area contributed by atoms with E-state index in [1.807, 2.05) is 6.92 Å². The molecule has 1 amide bonds. The van der Waals surface area contributed by atoms with Crippen LogP contribution in [0.1, 0.15) is 19.8 Å². The predicted molar refractivity (Wildman–Crippen MR) is 73.5 cm³/mol. The third-order valence-electron chi connectivity index (χ3n) is 3.56. The molecule has 2 aromatic rings. The van der Waals surface area contributed by atoms with Crippen LogP contribution in [0.4, 0.5) is 4.39 Å². The van der Waals surface area contributed by atoms with Gasteiger partial charge in [-0.3, -0.25) is 4.79 Å². The van der Waals surface area contributed by atoms with Crippen LogP contribution in [0.15, 0.2) is 24.3 Å². The monoisotopic (exact) mass is 289 g/mol. The third kappa shape index (κ3) is 3.42. The lowest BCUT2D eigenvalue weighted by molar-refractivity contribution is -0.122. The summed E-state index contributed by atoms with van der Waals surface area (Å²) in [5.41, 5.74) is 0.661. The summed E-state index contributed by atoms with van der Waals surface area (Å²) >= 11 is 0. The Bertz CT molecular complexity index is 635. The van der Waals surface area contributed by atoms with Crippen LogP contribution in [-0.2, 0) is 11.3 Å². The van der Waals surface area contributed by atoms with E-state index in [4.69, 9.17) is 0 Å². The van der Waals surface area contributed by atoms with Gasteiger partial charge in [0.05, 0.1) is 0 Å². The summed E-state index contributed by atoms with van der Waals surface area (Å²) in [4.78, 5) is 13.1. The van der Waals surface area contributed by atoms with E-state index < -0.39 is 0 Å². The van der Waals surface area contributed by atoms with Crippen molar-refractivity contribution in [2.45, 2.75) is 32.4 Å². The summed E-state index contributed by atoms with van der Waals surface area (Å²) in [5.74, 6) is 0.530. The summed E-state index contributed by atoms with van der Waals surface area (Å²) in [6.45, 7) is 2.04. The molecule has 3 rings (SSSR count). The lowest BCUT2D eigenvalue weighted by Gasteiger charge is -2.11. The van der Waals surface area contributed by atoms with Crippen molar-refractivity contribution >= 4 is 5.91 Å². The Balaban J connectivity index is 1.61. The molecule has 110 valence electrons. The summed E-state index contributed by atoms with van der Waals surface area (Å²) in [7, 11) is 0. The topological polar surface area (TPSA) is 72.7 Å². The van der Waals surface area contributed by atoms with Crippen molar-refractivity contribution in [2.75, 3.05) is 0 Å². The molecule has 1 aromatic heterocycles. The Kier molecular flexibility index (Phi) is 3.64. The first kappa shape index (κ1) is 13.7. The number of amides is 1. The fourth-order valence-corrected chi connectivity index (χ4v) is 2.17. The zero-order valence-corrected chi connectivity index (χ0v) is 11.7. The molecule has 0 radical (unpaired) electrons. The zero-order chi connectivity index (χ0) is 14.8. The fourth-order valence-electron chi connectivity index (χ4n) is 2.17. The molecule has 0 unspecified atom stereocenters. The van der Waals surface area contributed by atoms with Gasteiger partial charge in [0.2, 0.25) is 11.7 Å². The largest absolute Gasteiger partial charge is 0.352 e. The van der Waals surface area contributed by atoms with Crippen molar-refractivity contribution in [3.05, 3.63) is 30.1 Å². The van der Waals surface area contributed by atoms with Gasteiger partial charge in [-0.2, -0.15) is 4.80 Å². The molecular weight excluding hydrogens is 273 g/mol. The minimum absolute atomic E-state index is 0.0330. The number of rotatable bonds is 5. The van der Waals surface area contributed by atoms with Gasteiger partial charge >= 0.3 is 0 Å². The second-order valence-electron chi connectivity index (χ2n) is 5.34. The predicted octanol–water partition coefficient (Wildman–Crippen LogP) is 1.39. The molecule has 1 heterocycles. The Morgan fingerprint density at radius 3 is 2.81 bits per heavy atom. The van der Waals surface area contributed by atoms with Crippen molar-refractivity contribution in [3.63, 3.8) is 0 Å². The highest BCUT2D eigenvalue weighted by Gasteiger charge is 2.28. The number of benzene rings is 1. The Morgan fingerprint density at radius 1 is 1.43 bits per heavy atom. The number of hydrogen-bond donors (Lipinski definition) is 1. The maximum atomic E-state index is 12.9. The smallest absolute Gasteiger partial charge is 0.243 e. The minimum atomic E-state index is -0.320. The van der Waals surface area contributed by atoms with Crippen LogP contribution >= 0.6 is 0 Å². The maximum absolute atomic E-state index is 12.9. The first-order chi connectivity index (χ1) is 10.1. The van der Waals surface area contributed by atoms with Crippen LogP contribution in [0.25, 0.3) is 11.4 Å². The first-order valence-electron chi connectivity index (χ1n) is 6.95. The molecule has 1 aliphatic rings.